The maximum Gasteiger partial charge on any atom is 0.416 e. The number of hydrogen-bond acceptors (Lipinski definition) is 10. The van der Waals surface area contributed by atoms with Gasteiger partial charge in [0.1, 0.15) is 27.4 Å². The Balaban J connectivity index is 1.19. The third-order valence-corrected chi connectivity index (χ3v) is 10.4. The molecule has 53 heavy (non-hydrogen) atoms. The summed E-state index contributed by atoms with van der Waals surface area (Å²) in [6.07, 6.45) is -4.67. The molecule has 0 spiro atoms. The zero-order valence-electron chi connectivity index (χ0n) is 27.8. The van der Waals surface area contributed by atoms with E-state index in [4.69, 9.17) is 0 Å². The van der Waals surface area contributed by atoms with Crippen molar-refractivity contribution in [3.8, 4) is 11.1 Å². The highest BCUT2D eigenvalue weighted by Gasteiger charge is 2.31. The smallest absolute Gasteiger partial charge is 0.311 e. The van der Waals surface area contributed by atoms with E-state index in [-0.39, 0.29) is 21.8 Å². The molecule has 0 N–H and O–H groups in total. The van der Waals surface area contributed by atoms with Gasteiger partial charge < -0.3 is 4.90 Å². The van der Waals surface area contributed by atoms with Crippen molar-refractivity contribution in [2.24, 2.45) is 4.99 Å². The number of benzene rings is 6. The summed E-state index contributed by atoms with van der Waals surface area (Å²) in [5.74, 6) is 0. The van der Waals surface area contributed by atoms with Gasteiger partial charge in [-0.2, -0.15) is 30.7 Å². The first-order valence-electron chi connectivity index (χ1n) is 16.3. The summed E-state index contributed by atoms with van der Waals surface area (Å²) in [5, 5.41) is 0.846. The molecule has 9 aromatic rings. The maximum atomic E-state index is 13.4. The number of rotatable bonds is 5. The minimum Gasteiger partial charge on any atom is -0.311 e. The predicted octanol–water partition coefficient (Wildman–Crippen LogP) is 9.60. The normalized spacial score (nSPS) is 12.5. The number of anilines is 3. The fraction of sp³-hybridized carbons (Fsp3) is 0.0750. The molecule has 258 valence electrons. The first-order chi connectivity index (χ1) is 25.5. The Labute approximate surface area is 306 Å². The highest BCUT2D eigenvalue weighted by atomic mass is 32.1. The van der Waals surface area contributed by atoms with Crippen LogP contribution in [0.3, 0.4) is 0 Å². The second-order valence-electron chi connectivity index (χ2n) is 12.8. The Morgan fingerprint density at radius 1 is 0.566 bits per heavy atom. The fourth-order valence-corrected chi connectivity index (χ4v) is 7.81. The van der Waals surface area contributed by atoms with Crippen molar-refractivity contribution >= 4 is 89.8 Å². The molecule has 0 aliphatic rings. The van der Waals surface area contributed by atoms with Crippen LogP contribution in [-0.4, -0.2) is 17.5 Å². The fourth-order valence-electron chi connectivity index (χ4n) is 6.67. The van der Waals surface area contributed by atoms with Gasteiger partial charge in [-0.25, -0.2) is 4.99 Å². The van der Waals surface area contributed by atoms with Crippen LogP contribution in [0.1, 0.15) is 16.7 Å². The number of nitrogens with zero attached hydrogens (tertiary/aromatic N) is 6. The highest BCUT2D eigenvalue weighted by Crippen LogP contribution is 2.41. The molecule has 9 rings (SSSR count). The zero-order chi connectivity index (χ0) is 36.6. The van der Waals surface area contributed by atoms with Gasteiger partial charge in [-0.3, -0.25) is 9.59 Å². The second kappa shape index (κ2) is 12.2. The second-order valence-corrected chi connectivity index (χ2v) is 13.8. The van der Waals surface area contributed by atoms with Crippen LogP contribution in [0.15, 0.2) is 118 Å². The predicted molar refractivity (Wildman–Crippen MR) is 205 cm³/mol. The SMILES string of the molecule is Cc1ccc(N(c2ccc(C)cc2)c2ccc(-c3cc4c(cc(N=c5c(=O)c(=O)c6cc(C(F)(F)F)ccc56)c5nsnc54)c4nsnc34)cc2)cc1. The van der Waals surface area contributed by atoms with Crippen molar-refractivity contribution in [3.05, 3.63) is 146 Å². The molecule has 2 heterocycles. The number of aromatic nitrogens is 4. The molecule has 0 atom stereocenters. The van der Waals surface area contributed by atoms with Crippen molar-refractivity contribution in [1.82, 2.24) is 17.5 Å². The lowest BCUT2D eigenvalue weighted by atomic mass is 9.97. The molecule has 8 nitrogen and oxygen atoms in total. The standard InChI is InChI=1S/C40H23F3N6O2S2/c1-20-3-10-24(11-4-20)49(25-12-5-21(2)6-13-25)26-14-7-22(8-15-26)28-18-29-30(34-33(28)45-52-46-34)19-32(37-35(29)47-53-48-37)44-36-27-16-9-23(40(41,42)43)17-31(27)38(50)39(36)51/h3-19H,1-2H3. The molecule has 0 saturated heterocycles. The van der Waals surface area contributed by atoms with E-state index in [2.05, 4.69) is 102 Å². The molecule has 2 aromatic heterocycles. The van der Waals surface area contributed by atoms with Crippen LogP contribution in [0.2, 0.25) is 0 Å². The number of fused-ring (bicyclic) bond motifs is 6. The van der Waals surface area contributed by atoms with Gasteiger partial charge in [0, 0.05) is 44.2 Å². The van der Waals surface area contributed by atoms with E-state index in [1.807, 2.05) is 18.2 Å². The Morgan fingerprint density at radius 2 is 1.09 bits per heavy atom. The first kappa shape index (κ1) is 32.7. The Hall–Kier alpha value is -6.18. The quantitative estimate of drug-likeness (QED) is 0.162. The summed E-state index contributed by atoms with van der Waals surface area (Å²) in [7, 11) is 0. The summed E-state index contributed by atoms with van der Waals surface area (Å²) in [6, 6.07) is 31.4. The molecule has 7 aromatic carbocycles. The average molecular weight is 741 g/mol. The summed E-state index contributed by atoms with van der Waals surface area (Å²) in [5.41, 5.74) is 6.44. The van der Waals surface area contributed by atoms with Crippen LogP contribution in [0.25, 0.3) is 54.7 Å². The van der Waals surface area contributed by atoms with Gasteiger partial charge in [0.05, 0.1) is 34.7 Å². The number of hydrogen-bond donors (Lipinski definition) is 0. The van der Waals surface area contributed by atoms with Crippen LogP contribution in [-0.2, 0) is 6.18 Å². The van der Waals surface area contributed by atoms with E-state index < -0.39 is 22.6 Å². The molecule has 0 unspecified atom stereocenters. The van der Waals surface area contributed by atoms with Crippen molar-refractivity contribution in [2.45, 2.75) is 20.0 Å². The molecule has 0 aliphatic heterocycles. The lowest BCUT2D eigenvalue weighted by molar-refractivity contribution is -0.137. The first-order valence-corrected chi connectivity index (χ1v) is 17.8. The third kappa shape index (κ3) is 5.47. The van der Waals surface area contributed by atoms with E-state index in [0.29, 0.717) is 33.5 Å². The molecule has 0 amide bonds. The molecule has 0 aliphatic carbocycles. The molecule has 0 saturated carbocycles. The number of halogens is 3. The van der Waals surface area contributed by atoms with Crippen LogP contribution in [0.5, 0.6) is 0 Å². The van der Waals surface area contributed by atoms with Crippen molar-refractivity contribution in [2.75, 3.05) is 4.90 Å². The topological polar surface area (TPSA) is 101 Å². The maximum absolute atomic E-state index is 13.4. The summed E-state index contributed by atoms with van der Waals surface area (Å²) < 4.78 is 58.5. The summed E-state index contributed by atoms with van der Waals surface area (Å²) in [6.45, 7) is 4.12. The van der Waals surface area contributed by atoms with E-state index in [0.717, 1.165) is 69.2 Å². The highest BCUT2D eigenvalue weighted by molar-refractivity contribution is 7.00. The van der Waals surface area contributed by atoms with Crippen molar-refractivity contribution in [3.63, 3.8) is 0 Å². The van der Waals surface area contributed by atoms with Crippen LogP contribution >= 0.6 is 23.5 Å². The molecule has 0 fully saturated rings. The molecular formula is C40H23F3N6O2S2. The van der Waals surface area contributed by atoms with Gasteiger partial charge in [0.25, 0.3) is 5.43 Å². The third-order valence-electron chi connectivity index (χ3n) is 9.37. The van der Waals surface area contributed by atoms with Gasteiger partial charge in [-0.1, -0.05) is 53.6 Å². The van der Waals surface area contributed by atoms with E-state index in [1.54, 1.807) is 6.07 Å². The Kier molecular flexibility index (Phi) is 7.54. The van der Waals surface area contributed by atoms with E-state index in [9.17, 15) is 22.8 Å². The minimum absolute atomic E-state index is 0.0343. The van der Waals surface area contributed by atoms with Crippen LogP contribution < -0.4 is 21.1 Å². The van der Waals surface area contributed by atoms with Crippen molar-refractivity contribution < 1.29 is 13.2 Å². The van der Waals surface area contributed by atoms with E-state index >= 15 is 0 Å². The molecular weight excluding hydrogens is 718 g/mol. The molecule has 13 heteroatoms. The van der Waals surface area contributed by atoms with Crippen LogP contribution in [0.4, 0.5) is 35.9 Å². The minimum atomic E-state index is -4.67. The molecule has 0 bridgehead atoms. The Bertz CT molecular complexity index is 3010. The Morgan fingerprint density at radius 3 is 1.70 bits per heavy atom. The summed E-state index contributed by atoms with van der Waals surface area (Å²) >= 11 is 2.01. The average Bonchev–Trinajstić information content (AvgIpc) is 3.90. The largest absolute Gasteiger partial charge is 0.416 e. The summed E-state index contributed by atoms with van der Waals surface area (Å²) in [4.78, 5) is 32.6. The van der Waals surface area contributed by atoms with Crippen LogP contribution in [0, 0.1) is 13.8 Å². The zero-order valence-corrected chi connectivity index (χ0v) is 29.4. The lowest BCUT2D eigenvalue weighted by Gasteiger charge is -2.26. The van der Waals surface area contributed by atoms with Gasteiger partial charge in [-0.05, 0) is 80.1 Å². The van der Waals surface area contributed by atoms with Crippen molar-refractivity contribution in [1.29, 1.82) is 0 Å². The molecule has 0 radical (unpaired) electrons. The number of aryl methyl sites for hydroxylation is 2. The van der Waals surface area contributed by atoms with Gasteiger partial charge in [0.2, 0.25) is 5.43 Å². The van der Waals surface area contributed by atoms with Gasteiger partial charge in [0.15, 0.2) is 0 Å². The van der Waals surface area contributed by atoms with Gasteiger partial charge in [-0.15, -0.1) is 0 Å². The lowest BCUT2D eigenvalue weighted by Crippen LogP contribution is -2.30. The van der Waals surface area contributed by atoms with Gasteiger partial charge >= 0.3 is 6.18 Å². The number of alkyl halides is 3. The van der Waals surface area contributed by atoms with E-state index in [1.165, 1.54) is 11.1 Å². The monoisotopic (exact) mass is 740 g/mol.